The van der Waals surface area contributed by atoms with Gasteiger partial charge in [-0.15, -0.1) is 0 Å². The average Bonchev–Trinajstić information content (AvgIpc) is 3.04. The quantitative estimate of drug-likeness (QED) is 0.570. The van der Waals surface area contributed by atoms with Crippen LogP contribution in [0, 0.1) is 0 Å². The van der Waals surface area contributed by atoms with Gasteiger partial charge < -0.3 is 4.57 Å². The third kappa shape index (κ3) is 4.40. The molecule has 3 aromatic rings. The fourth-order valence-electron chi connectivity index (χ4n) is 3.11. The molecule has 160 valence electrons. The van der Waals surface area contributed by atoms with Gasteiger partial charge in [-0.05, 0) is 54.3 Å². The molecule has 1 heterocycles. The largest absolute Gasteiger partial charge is 0.316 e. The molecule has 1 aromatic heterocycles. The zero-order chi connectivity index (χ0) is 22.1. The van der Waals surface area contributed by atoms with Crippen molar-refractivity contribution in [3.05, 3.63) is 58.4 Å². The lowest BCUT2D eigenvalue weighted by Crippen LogP contribution is -2.22. The molecule has 0 spiro atoms. The molecule has 0 bridgehead atoms. The molecule has 0 N–H and O–H groups in total. The van der Waals surface area contributed by atoms with Crippen LogP contribution in [0.5, 0.6) is 0 Å². The van der Waals surface area contributed by atoms with Crippen LogP contribution in [0.3, 0.4) is 0 Å². The predicted octanol–water partition coefficient (Wildman–Crippen LogP) is 4.23. The number of sulfonamides is 1. The molecule has 6 nitrogen and oxygen atoms in total. The lowest BCUT2D eigenvalue weighted by Gasteiger charge is -2.11. The highest BCUT2D eigenvalue weighted by Gasteiger charge is 2.17. The number of hydrogen-bond acceptors (Lipinski definition) is 4. The minimum absolute atomic E-state index is 0.146. The fourth-order valence-corrected chi connectivity index (χ4v) is 5.11. The maximum Gasteiger partial charge on any atom is 0.279 e. The SMILES string of the molecule is CCCn1c(=NC(=O)c2ccc(S(=O)(=O)N(C)C)cc2)sc2cc(C(C)C)ccc21. The Hall–Kier alpha value is -2.29. The lowest BCUT2D eigenvalue weighted by molar-refractivity contribution is 0.0997. The summed E-state index contributed by atoms with van der Waals surface area (Å²) in [4.78, 5) is 18.0. The third-order valence-corrected chi connectivity index (χ3v) is 7.77. The van der Waals surface area contributed by atoms with E-state index in [1.807, 2.05) is 0 Å². The van der Waals surface area contributed by atoms with Gasteiger partial charge in [0.25, 0.3) is 5.91 Å². The maximum absolute atomic E-state index is 12.8. The van der Waals surface area contributed by atoms with Crippen LogP contribution in [0.2, 0.25) is 0 Å². The zero-order valence-electron chi connectivity index (χ0n) is 17.9. The van der Waals surface area contributed by atoms with Gasteiger partial charge in [0.2, 0.25) is 10.0 Å². The van der Waals surface area contributed by atoms with E-state index in [2.05, 4.69) is 48.5 Å². The molecule has 0 atom stereocenters. The second-order valence-electron chi connectivity index (χ2n) is 7.65. The number of fused-ring (bicyclic) bond motifs is 1. The molecule has 0 radical (unpaired) electrons. The highest BCUT2D eigenvalue weighted by Crippen LogP contribution is 2.24. The molecule has 0 saturated carbocycles. The lowest BCUT2D eigenvalue weighted by atomic mass is 10.0. The standard InChI is InChI=1S/C22H27N3O3S2/c1-6-13-25-19-12-9-17(15(2)3)14-20(19)29-22(25)23-21(26)16-7-10-18(11-8-16)30(27,28)24(4)5/h7-12,14-15H,6,13H2,1-5H3. The van der Waals surface area contributed by atoms with Crippen molar-refractivity contribution >= 4 is 37.5 Å². The number of carbonyl (C=O) groups excluding carboxylic acids is 1. The van der Waals surface area contributed by atoms with Crippen LogP contribution in [0.4, 0.5) is 0 Å². The monoisotopic (exact) mass is 445 g/mol. The Bertz CT molecular complexity index is 1230. The second-order valence-corrected chi connectivity index (χ2v) is 10.8. The molecular weight excluding hydrogens is 418 g/mol. The summed E-state index contributed by atoms with van der Waals surface area (Å²) in [6.45, 7) is 7.18. The van der Waals surface area contributed by atoms with E-state index in [1.54, 1.807) is 0 Å². The summed E-state index contributed by atoms with van der Waals surface area (Å²) in [5.41, 5.74) is 2.68. The van der Waals surface area contributed by atoms with Crippen LogP contribution in [-0.2, 0) is 16.6 Å². The van der Waals surface area contributed by atoms with E-state index >= 15 is 0 Å². The number of aromatic nitrogens is 1. The van der Waals surface area contributed by atoms with Crippen LogP contribution < -0.4 is 4.80 Å². The van der Waals surface area contributed by atoms with Gasteiger partial charge in [0.1, 0.15) is 0 Å². The van der Waals surface area contributed by atoms with Gasteiger partial charge in [0.15, 0.2) is 4.80 Å². The minimum atomic E-state index is -3.53. The molecule has 0 saturated heterocycles. The van der Waals surface area contributed by atoms with Gasteiger partial charge in [0, 0.05) is 26.2 Å². The van der Waals surface area contributed by atoms with Gasteiger partial charge in [-0.3, -0.25) is 4.79 Å². The average molecular weight is 446 g/mol. The smallest absolute Gasteiger partial charge is 0.279 e. The first-order valence-corrected chi connectivity index (χ1v) is 12.2. The van der Waals surface area contributed by atoms with Crippen molar-refractivity contribution in [2.45, 2.75) is 44.6 Å². The molecule has 0 fully saturated rings. The number of aryl methyl sites for hydroxylation is 1. The van der Waals surface area contributed by atoms with E-state index in [-0.39, 0.29) is 10.8 Å². The van der Waals surface area contributed by atoms with Crippen molar-refractivity contribution in [2.75, 3.05) is 14.1 Å². The zero-order valence-corrected chi connectivity index (χ0v) is 19.5. The minimum Gasteiger partial charge on any atom is -0.316 e. The van der Waals surface area contributed by atoms with Gasteiger partial charge in [-0.2, -0.15) is 4.99 Å². The maximum atomic E-state index is 12.8. The van der Waals surface area contributed by atoms with E-state index in [9.17, 15) is 13.2 Å². The number of rotatable bonds is 6. The Morgan fingerprint density at radius 1 is 1.13 bits per heavy atom. The third-order valence-electron chi connectivity index (χ3n) is 4.90. The molecule has 0 unspecified atom stereocenters. The Balaban J connectivity index is 2.03. The fraction of sp³-hybridized carbons (Fsp3) is 0.364. The van der Waals surface area contributed by atoms with Crippen LogP contribution in [0.25, 0.3) is 10.2 Å². The number of thiazole rings is 1. The Morgan fingerprint density at radius 2 is 1.80 bits per heavy atom. The molecule has 8 heteroatoms. The Labute approximate surface area is 181 Å². The van der Waals surface area contributed by atoms with Crippen molar-refractivity contribution in [3.8, 4) is 0 Å². The number of benzene rings is 2. The van der Waals surface area contributed by atoms with Crippen molar-refractivity contribution in [2.24, 2.45) is 4.99 Å². The number of carbonyl (C=O) groups is 1. The van der Waals surface area contributed by atoms with Crippen LogP contribution >= 0.6 is 11.3 Å². The molecule has 0 aliphatic heterocycles. The summed E-state index contributed by atoms with van der Waals surface area (Å²) in [6, 6.07) is 12.3. The first kappa shape index (κ1) is 22.4. The van der Waals surface area contributed by atoms with E-state index in [0.29, 0.717) is 16.3 Å². The van der Waals surface area contributed by atoms with Gasteiger partial charge in [-0.1, -0.05) is 38.2 Å². The van der Waals surface area contributed by atoms with Crippen LogP contribution in [-0.4, -0.2) is 37.3 Å². The molecule has 30 heavy (non-hydrogen) atoms. The van der Waals surface area contributed by atoms with Crippen LogP contribution in [0.15, 0.2) is 52.4 Å². The molecule has 3 rings (SSSR count). The summed E-state index contributed by atoms with van der Waals surface area (Å²) >= 11 is 1.50. The molecule has 2 aromatic carbocycles. The van der Waals surface area contributed by atoms with Gasteiger partial charge in [-0.25, -0.2) is 12.7 Å². The predicted molar refractivity (Wildman–Crippen MR) is 121 cm³/mol. The Morgan fingerprint density at radius 3 is 2.37 bits per heavy atom. The highest BCUT2D eigenvalue weighted by atomic mass is 32.2. The molecule has 1 amide bonds. The van der Waals surface area contributed by atoms with Crippen molar-refractivity contribution < 1.29 is 13.2 Å². The van der Waals surface area contributed by atoms with Crippen molar-refractivity contribution in [1.29, 1.82) is 0 Å². The number of nitrogens with zero attached hydrogens (tertiary/aromatic N) is 3. The summed E-state index contributed by atoms with van der Waals surface area (Å²) < 4.78 is 28.7. The molecule has 0 aliphatic carbocycles. The van der Waals surface area contributed by atoms with Crippen molar-refractivity contribution in [1.82, 2.24) is 8.87 Å². The molecule has 0 aliphatic rings. The van der Waals surface area contributed by atoms with E-state index in [4.69, 9.17) is 0 Å². The first-order chi connectivity index (χ1) is 14.1. The summed E-state index contributed by atoms with van der Waals surface area (Å²) in [5, 5.41) is 0. The summed E-state index contributed by atoms with van der Waals surface area (Å²) in [5.74, 6) is 0.0411. The molecular formula is C22H27N3O3S2. The van der Waals surface area contributed by atoms with E-state index in [0.717, 1.165) is 27.5 Å². The van der Waals surface area contributed by atoms with Crippen molar-refractivity contribution in [3.63, 3.8) is 0 Å². The van der Waals surface area contributed by atoms with Gasteiger partial charge >= 0.3 is 0 Å². The van der Waals surface area contributed by atoms with E-state index < -0.39 is 10.0 Å². The van der Waals surface area contributed by atoms with E-state index in [1.165, 1.54) is 55.3 Å². The summed E-state index contributed by atoms with van der Waals surface area (Å²) in [7, 11) is -0.582. The summed E-state index contributed by atoms with van der Waals surface area (Å²) in [6.07, 6.45) is 0.927. The number of amides is 1. The van der Waals surface area contributed by atoms with Gasteiger partial charge in [0.05, 0.1) is 15.1 Å². The normalized spacial score (nSPS) is 13.0. The topological polar surface area (TPSA) is 71.7 Å². The second kappa shape index (κ2) is 8.83. The first-order valence-electron chi connectivity index (χ1n) is 9.90. The highest BCUT2D eigenvalue weighted by molar-refractivity contribution is 7.89. The number of hydrogen-bond donors (Lipinski definition) is 0. The Kier molecular flexibility index (Phi) is 6.59. The van der Waals surface area contributed by atoms with Crippen LogP contribution in [0.1, 0.15) is 49.0 Å².